The van der Waals surface area contributed by atoms with E-state index in [9.17, 15) is 4.79 Å². The summed E-state index contributed by atoms with van der Waals surface area (Å²) in [7, 11) is 0. The van der Waals surface area contributed by atoms with Gasteiger partial charge in [-0.3, -0.25) is 14.6 Å². The first-order valence-corrected chi connectivity index (χ1v) is 9.20. The highest BCUT2D eigenvalue weighted by Gasteiger charge is 2.20. The van der Waals surface area contributed by atoms with E-state index in [-0.39, 0.29) is 12.6 Å². The van der Waals surface area contributed by atoms with Crippen LogP contribution in [0.25, 0.3) is 0 Å². The molecule has 0 amide bonds. The van der Waals surface area contributed by atoms with E-state index in [1.54, 1.807) is 0 Å². The van der Waals surface area contributed by atoms with Gasteiger partial charge in [0.15, 0.2) is 11.5 Å². The predicted molar refractivity (Wildman–Crippen MR) is 97.3 cm³/mol. The zero-order valence-electron chi connectivity index (χ0n) is 15.5. The average Bonchev–Trinajstić information content (AvgIpc) is 3.30. The Hall–Kier alpha value is -2.51. The van der Waals surface area contributed by atoms with Crippen LogP contribution < -0.4 is 9.47 Å². The van der Waals surface area contributed by atoms with Gasteiger partial charge in [-0.15, -0.1) is 0 Å². The Bertz CT molecular complexity index is 795. The first kappa shape index (κ1) is 17.9. The van der Waals surface area contributed by atoms with E-state index in [0.29, 0.717) is 12.6 Å². The van der Waals surface area contributed by atoms with Crippen molar-refractivity contribution >= 4 is 5.97 Å². The molecule has 0 spiro atoms. The third-order valence-electron chi connectivity index (χ3n) is 4.82. The van der Waals surface area contributed by atoms with Crippen molar-refractivity contribution in [3.8, 4) is 11.5 Å². The summed E-state index contributed by atoms with van der Waals surface area (Å²) in [5.41, 5.74) is 1.24. The highest BCUT2D eigenvalue weighted by molar-refractivity contribution is 5.65. The summed E-state index contributed by atoms with van der Waals surface area (Å²) in [4.78, 5) is 15.7. The number of carbonyl (C=O) groups excluding carboxylic acids is 1. The van der Waals surface area contributed by atoms with Gasteiger partial charge in [-0.05, 0) is 29.8 Å². The lowest BCUT2D eigenvalue weighted by atomic mass is 10.1. The fourth-order valence-electron chi connectivity index (χ4n) is 3.38. The molecule has 7 nitrogen and oxygen atoms in total. The molecule has 1 fully saturated rings. The number of esters is 1. The number of ether oxygens (including phenoxy) is 3. The molecule has 0 saturated carbocycles. The second-order valence-electron chi connectivity index (χ2n) is 6.89. The molecule has 1 aromatic heterocycles. The van der Waals surface area contributed by atoms with Crippen LogP contribution in [0.5, 0.6) is 11.5 Å². The van der Waals surface area contributed by atoms with Crippen LogP contribution in [0, 0.1) is 0 Å². The standard InChI is InChI=1S/C20H24N2O5/c1-15(23)24-13-18-4-3-17(27-18)12-22-8-6-21(7-9-22)11-16-2-5-19-20(10-16)26-14-25-19/h2-5,10H,6-9,11-14H2,1H3. The SMILES string of the molecule is CC(=O)OCc1ccc(CN2CCN(Cc3ccc4c(c3)OCO4)CC2)o1. The van der Waals surface area contributed by atoms with Gasteiger partial charge in [0, 0.05) is 39.6 Å². The van der Waals surface area contributed by atoms with E-state index in [4.69, 9.17) is 18.6 Å². The summed E-state index contributed by atoms with van der Waals surface area (Å²) in [6.07, 6.45) is 0. The lowest BCUT2D eigenvalue weighted by Crippen LogP contribution is -2.45. The van der Waals surface area contributed by atoms with Crippen molar-refractivity contribution in [2.24, 2.45) is 0 Å². The number of piperazine rings is 1. The van der Waals surface area contributed by atoms with Crippen LogP contribution in [0.4, 0.5) is 0 Å². The van der Waals surface area contributed by atoms with Crippen molar-refractivity contribution < 1.29 is 23.4 Å². The molecule has 7 heteroatoms. The molecule has 144 valence electrons. The molecule has 0 aliphatic carbocycles. The number of rotatable bonds is 6. The monoisotopic (exact) mass is 372 g/mol. The summed E-state index contributed by atoms with van der Waals surface area (Å²) in [6.45, 7) is 7.59. The van der Waals surface area contributed by atoms with Gasteiger partial charge < -0.3 is 18.6 Å². The van der Waals surface area contributed by atoms with E-state index in [1.807, 2.05) is 18.2 Å². The number of hydrogen-bond donors (Lipinski definition) is 0. The predicted octanol–water partition coefficient (Wildman–Crippen LogP) is 2.39. The highest BCUT2D eigenvalue weighted by Crippen LogP contribution is 2.32. The van der Waals surface area contributed by atoms with E-state index in [0.717, 1.165) is 56.5 Å². The van der Waals surface area contributed by atoms with Crippen molar-refractivity contribution in [1.82, 2.24) is 9.80 Å². The van der Waals surface area contributed by atoms with E-state index in [2.05, 4.69) is 21.9 Å². The van der Waals surface area contributed by atoms with Gasteiger partial charge in [-0.1, -0.05) is 6.07 Å². The van der Waals surface area contributed by atoms with Crippen LogP contribution in [-0.4, -0.2) is 48.7 Å². The summed E-state index contributed by atoms with van der Waals surface area (Å²) in [6, 6.07) is 9.99. The third-order valence-corrected chi connectivity index (χ3v) is 4.82. The van der Waals surface area contributed by atoms with Gasteiger partial charge in [-0.2, -0.15) is 0 Å². The number of fused-ring (bicyclic) bond motifs is 1. The smallest absolute Gasteiger partial charge is 0.303 e. The third kappa shape index (κ3) is 4.61. The Balaban J connectivity index is 1.24. The van der Waals surface area contributed by atoms with Gasteiger partial charge in [0.05, 0.1) is 6.54 Å². The second-order valence-corrected chi connectivity index (χ2v) is 6.89. The first-order chi connectivity index (χ1) is 13.2. The molecule has 1 aromatic carbocycles. The van der Waals surface area contributed by atoms with Crippen molar-refractivity contribution in [2.45, 2.75) is 26.6 Å². The Morgan fingerprint density at radius 2 is 1.67 bits per heavy atom. The lowest BCUT2D eigenvalue weighted by molar-refractivity contribution is -0.142. The molecule has 0 unspecified atom stereocenters. The quantitative estimate of drug-likeness (QED) is 0.722. The molecule has 4 rings (SSSR count). The summed E-state index contributed by atoms with van der Waals surface area (Å²) in [5.74, 6) is 2.96. The molecule has 3 heterocycles. The van der Waals surface area contributed by atoms with Crippen LogP contribution >= 0.6 is 0 Å². The van der Waals surface area contributed by atoms with Crippen molar-refractivity contribution in [2.75, 3.05) is 33.0 Å². The molecule has 2 aromatic rings. The van der Waals surface area contributed by atoms with Crippen LogP contribution in [0.2, 0.25) is 0 Å². The minimum Gasteiger partial charge on any atom is -0.461 e. The number of hydrogen-bond acceptors (Lipinski definition) is 7. The molecule has 0 bridgehead atoms. The van der Waals surface area contributed by atoms with Gasteiger partial charge in [-0.25, -0.2) is 0 Å². The maximum absolute atomic E-state index is 10.9. The Kier molecular flexibility index (Phi) is 5.31. The van der Waals surface area contributed by atoms with Crippen molar-refractivity contribution in [3.63, 3.8) is 0 Å². The summed E-state index contributed by atoms with van der Waals surface area (Å²) >= 11 is 0. The average molecular weight is 372 g/mol. The topological polar surface area (TPSA) is 64.4 Å². The minimum absolute atomic E-state index is 0.193. The number of benzene rings is 1. The van der Waals surface area contributed by atoms with Gasteiger partial charge in [0.25, 0.3) is 0 Å². The molecule has 0 N–H and O–H groups in total. The van der Waals surface area contributed by atoms with Crippen LogP contribution in [0.1, 0.15) is 24.0 Å². The number of carbonyl (C=O) groups is 1. The molecule has 0 radical (unpaired) electrons. The van der Waals surface area contributed by atoms with Crippen LogP contribution in [-0.2, 0) is 29.2 Å². The summed E-state index contributed by atoms with van der Waals surface area (Å²) < 4.78 is 21.5. The second kappa shape index (κ2) is 8.02. The lowest BCUT2D eigenvalue weighted by Gasteiger charge is -2.34. The van der Waals surface area contributed by atoms with Crippen molar-refractivity contribution in [3.05, 3.63) is 47.4 Å². The number of nitrogens with zero attached hydrogens (tertiary/aromatic N) is 2. The maximum Gasteiger partial charge on any atom is 0.303 e. The van der Waals surface area contributed by atoms with Gasteiger partial charge in [0.2, 0.25) is 6.79 Å². The van der Waals surface area contributed by atoms with Gasteiger partial charge in [0.1, 0.15) is 18.1 Å². The normalized spacial score (nSPS) is 17.2. The Morgan fingerprint density at radius 3 is 2.44 bits per heavy atom. The Labute approximate surface area is 158 Å². The van der Waals surface area contributed by atoms with E-state index in [1.165, 1.54) is 12.5 Å². The molecule has 27 heavy (non-hydrogen) atoms. The molecule has 2 aliphatic heterocycles. The molecular formula is C20H24N2O5. The first-order valence-electron chi connectivity index (χ1n) is 9.20. The van der Waals surface area contributed by atoms with Crippen LogP contribution in [0.3, 0.4) is 0 Å². The molecule has 1 saturated heterocycles. The zero-order valence-corrected chi connectivity index (χ0v) is 15.5. The fourth-order valence-corrected chi connectivity index (χ4v) is 3.38. The maximum atomic E-state index is 10.9. The van der Waals surface area contributed by atoms with Crippen LogP contribution in [0.15, 0.2) is 34.7 Å². The number of furan rings is 1. The molecular weight excluding hydrogens is 348 g/mol. The zero-order chi connectivity index (χ0) is 18.6. The minimum atomic E-state index is -0.300. The van der Waals surface area contributed by atoms with E-state index < -0.39 is 0 Å². The van der Waals surface area contributed by atoms with Crippen molar-refractivity contribution in [1.29, 1.82) is 0 Å². The fraction of sp³-hybridized carbons (Fsp3) is 0.450. The highest BCUT2D eigenvalue weighted by atomic mass is 16.7. The van der Waals surface area contributed by atoms with E-state index >= 15 is 0 Å². The molecule has 0 atom stereocenters. The molecule has 2 aliphatic rings. The Morgan fingerprint density at radius 1 is 0.963 bits per heavy atom. The van der Waals surface area contributed by atoms with Gasteiger partial charge >= 0.3 is 5.97 Å². The largest absolute Gasteiger partial charge is 0.461 e. The summed E-state index contributed by atoms with van der Waals surface area (Å²) in [5, 5.41) is 0.